The molecule has 0 aliphatic heterocycles. The Hall–Kier alpha value is -0.830. The van der Waals surface area contributed by atoms with Crippen LogP contribution in [0.1, 0.15) is 19.5 Å². The van der Waals surface area contributed by atoms with Crippen LogP contribution in [0.5, 0.6) is 0 Å². The van der Waals surface area contributed by atoms with Crippen LogP contribution in [-0.2, 0) is 6.54 Å². The molecule has 0 radical (unpaired) electrons. The lowest BCUT2D eigenvalue weighted by Crippen LogP contribution is -2.32. The average molecular weight is 167 g/mol. The monoisotopic (exact) mass is 167 g/mol. The van der Waals surface area contributed by atoms with Gasteiger partial charge in [-0.05, 0) is 18.9 Å². The highest BCUT2D eigenvalue weighted by atomic mass is 15.3. The van der Waals surface area contributed by atoms with Crippen molar-refractivity contribution in [1.82, 2.24) is 9.78 Å². The molecule has 0 aromatic carbocycles. The summed E-state index contributed by atoms with van der Waals surface area (Å²) in [5.74, 6) is 0.508. The molecule has 0 saturated carbocycles. The number of hydrogen-bond acceptors (Lipinski definition) is 2. The van der Waals surface area contributed by atoms with Crippen molar-refractivity contribution in [1.29, 1.82) is 0 Å². The van der Waals surface area contributed by atoms with Crippen molar-refractivity contribution < 1.29 is 0 Å². The molecule has 1 aromatic heterocycles. The van der Waals surface area contributed by atoms with Crippen LogP contribution < -0.4 is 5.73 Å². The van der Waals surface area contributed by atoms with E-state index >= 15 is 0 Å². The Morgan fingerprint density at radius 3 is 2.67 bits per heavy atom. The van der Waals surface area contributed by atoms with Crippen LogP contribution in [0.4, 0.5) is 0 Å². The maximum atomic E-state index is 5.92. The van der Waals surface area contributed by atoms with Gasteiger partial charge < -0.3 is 5.73 Å². The Labute approximate surface area is 73.6 Å². The normalized spacial score (nSPS) is 13.8. The summed E-state index contributed by atoms with van der Waals surface area (Å²) in [6, 6.07) is 2.19. The van der Waals surface area contributed by atoms with Crippen molar-refractivity contribution in [2.75, 3.05) is 0 Å². The summed E-state index contributed by atoms with van der Waals surface area (Å²) in [5.41, 5.74) is 7.09. The van der Waals surface area contributed by atoms with Crippen LogP contribution in [-0.4, -0.2) is 15.8 Å². The molecule has 0 aliphatic rings. The van der Waals surface area contributed by atoms with Gasteiger partial charge in [0.1, 0.15) is 0 Å². The third-order valence-corrected chi connectivity index (χ3v) is 2.17. The van der Waals surface area contributed by atoms with E-state index in [1.807, 2.05) is 23.9 Å². The zero-order valence-corrected chi connectivity index (χ0v) is 7.99. The second-order valence-corrected chi connectivity index (χ2v) is 3.56. The van der Waals surface area contributed by atoms with Crippen molar-refractivity contribution in [2.24, 2.45) is 11.7 Å². The van der Waals surface area contributed by atoms with Gasteiger partial charge in [-0.15, -0.1) is 0 Å². The lowest BCUT2D eigenvalue weighted by molar-refractivity contribution is 0.409. The van der Waals surface area contributed by atoms with E-state index in [0.717, 1.165) is 6.54 Å². The molecule has 0 spiro atoms. The molecule has 1 unspecified atom stereocenters. The molecule has 12 heavy (non-hydrogen) atoms. The molecule has 1 rings (SSSR count). The molecule has 3 nitrogen and oxygen atoms in total. The van der Waals surface area contributed by atoms with Crippen molar-refractivity contribution in [3.05, 3.63) is 18.0 Å². The van der Waals surface area contributed by atoms with Gasteiger partial charge in [-0.1, -0.05) is 13.8 Å². The van der Waals surface area contributed by atoms with E-state index in [1.165, 1.54) is 5.69 Å². The predicted octanol–water partition coefficient (Wildman–Crippen LogP) is 1.17. The molecule has 1 atom stereocenters. The summed E-state index contributed by atoms with van der Waals surface area (Å²) < 4.78 is 1.95. The summed E-state index contributed by atoms with van der Waals surface area (Å²) >= 11 is 0. The van der Waals surface area contributed by atoms with E-state index in [2.05, 4.69) is 18.9 Å². The first kappa shape index (κ1) is 9.26. The fraction of sp³-hybridized carbons (Fsp3) is 0.667. The minimum atomic E-state index is 0.198. The first-order chi connectivity index (χ1) is 5.61. The van der Waals surface area contributed by atoms with E-state index in [9.17, 15) is 0 Å². The fourth-order valence-electron chi connectivity index (χ4n) is 1.00. The maximum Gasteiger partial charge on any atom is 0.0566 e. The molecule has 0 aliphatic carbocycles. The lowest BCUT2D eigenvalue weighted by Gasteiger charge is -2.16. The predicted molar refractivity (Wildman–Crippen MR) is 49.8 cm³/mol. The molecule has 1 aromatic rings. The summed E-state index contributed by atoms with van der Waals surface area (Å²) in [5, 5.41) is 4.17. The molecule has 3 heteroatoms. The largest absolute Gasteiger partial charge is 0.326 e. The topological polar surface area (TPSA) is 43.8 Å². The van der Waals surface area contributed by atoms with Gasteiger partial charge in [0, 0.05) is 17.9 Å². The molecule has 2 N–H and O–H groups in total. The lowest BCUT2D eigenvalue weighted by atomic mass is 10.1. The third kappa shape index (κ3) is 2.08. The molecule has 1 heterocycles. The van der Waals surface area contributed by atoms with Crippen molar-refractivity contribution in [3.8, 4) is 0 Å². The summed E-state index contributed by atoms with van der Waals surface area (Å²) in [6.07, 6.45) is 1.81. The van der Waals surface area contributed by atoms with Crippen LogP contribution in [0.15, 0.2) is 12.3 Å². The van der Waals surface area contributed by atoms with Crippen LogP contribution in [0, 0.1) is 12.8 Å². The Balaban J connectivity index is 2.58. The van der Waals surface area contributed by atoms with E-state index in [0.29, 0.717) is 5.92 Å². The number of nitrogens with two attached hydrogens (primary N) is 1. The van der Waals surface area contributed by atoms with Crippen LogP contribution >= 0.6 is 0 Å². The van der Waals surface area contributed by atoms with Gasteiger partial charge in [0.15, 0.2) is 0 Å². The maximum absolute atomic E-state index is 5.92. The van der Waals surface area contributed by atoms with Gasteiger partial charge in [0.2, 0.25) is 0 Å². The first-order valence-electron chi connectivity index (χ1n) is 4.35. The number of aromatic nitrogens is 2. The van der Waals surface area contributed by atoms with E-state index in [1.54, 1.807) is 0 Å². The number of hydrogen-bond donors (Lipinski definition) is 1. The van der Waals surface area contributed by atoms with E-state index in [-0.39, 0.29) is 6.04 Å². The van der Waals surface area contributed by atoms with Crippen LogP contribution in [0.25, 0.3) is 0 Å². The highest BCUT2D eigenvalue weighted by Gasteiger charge is 2.09. The second kappa shape index (κ2) is 3.72. The zero-order chi connectivity index (χ0) is 9.14. The molecule has 0 fully saturated rings. The zero-order valence-electron chi connectivity index (χ0n) is 7.99. The van der Waals surface area contributed by atoms with Crippen LogP contribution in [0.2, 0.25) is 0 Å². The Morgan fingerprint density at radius 1 is 1.58 bits per heavy atom. The van der Waals surface area contributed by atoms with Crippen molar-refractivity contribution in [3.63, 3.8) is 0 Å². The van der Waals surface area contributed by atoms with E-state index < -0.39 is 0 Å². The molecular formula is C9H17N3. The van der Waals surface area contributed by atoms with Crippen molar-refractivity contribution >= 4 is 0 Å². The van der Waals surface area contributed by atoms with Crippen LogP contribution in [0.3, 0.4) is 0 Å². The molecule has 0 bridgehead atoms. The van der Waals surface area contributed by atoms with Gasteiger partial charge in [-0.3, -0.25) is 4.68 Å². The minimum Gasteiger partial charge on any atom is -0.326 e. The highest BCUT2D eigenvalue weighted by Crippen LogP contribution is 2.03. The third-order valence-electron chi connectivity index (χ3n) is 2.17. The summed E-state index contributed by atoms with van der Waals surface area (Å²) in [4.78, 5) is 0. The van der Waals surface area contributed by atoms with Gasteiger partial charge in [-0.25, -0.2) is 0 Å². The Morgan fingerprint density at radius 2 is 2.25 bits per heavy atom. The molecule has 0 saturated heterocycles. The standard InChI is InChI=1S/C9H17N3/c1-7(2)9(10)6-12-8(3)4-5-11-12/h4-5,7,9H,6,10H2,1-3H3. The number of nitrogens with zero attached hydrogens (tertiary/aromatic N) is 2. The average Bonchev–Trinajstić information content (AvgIpc) is 2.36. The highest BCUT2D eigenvalue weighted by molar-refractivity contribution is 4.96. The summed E-state index contributed by atoms with van der Waals surface area (Å²) in [6.45, 7) is 7.11. The Bertz CT molecular complexity index is 240. The smallest absolute Gasteiger partial charge is 0.0566 e. The van der Waals surface area contributed by atoms with Gasteiger partial charge in [-0.2, -0.15) is 5.10 Å². The SMILES string of the molecule is Cc1ccnn1CC(N)C(C)C. The quantitative estimate of drug-likeness (QED) is 0.734. The minimum absolute atomic E-state index is 0.198. The first-order valence-corrected chi connectivity index (χ1v) is 4.35. The second-order valence-electron chi connectivity index (χ2n) is 3.56. The Kier molecular flexibility index (Phi) is 2.87. The van der Waals surface area contributed by atoms with Gasteiger partial charge >= 0.3 is 0 Å². The fourth-order valence-corrected chi connectivity index (χ4v) is 1.00. The summed E-state index contributed by atoms with van der Waals surface area (Å²) in [7, 11) is 0. The molecule has 68 valence electrons. The van der Waals surface area contributed by atoms with Gasteiger partial charge in [0.25, 0.3) is 0 Å². The number of aryl methyl sites for hydroxylation is 1. The molecular weight excluding hydrogens is 150 g/mol. The van der Waals surface area contributed by atoms with Crippen molar-refractivity contribution in [2.45, 2.75) is 33.4 Å². The molecule has 0 amide bonds. The van der Waals surface area contributed by atoms with E-state index in [4.69, 9.17) is 5.73 Å². The van der Waals surface area contributed by atoms with Gasteiger partial charge in [0.05, 0.1) is 6.54 Å². The number of rotatable bonds is 3.